The third-order valence-electron chi connectivity index (χ3n) is 4.24. The lowest BCUT2D eigenvalue weighted by atomic mass is 10.2. The van der Waals surface area contributed by atoms with Gasteiger partial charge in [0.2, 0.25) is 5.91 Å². The van der Waals surface area contributed by atoms with E-state index in [1.165, 1.54) is 0 Å². The molecule has 0 unspecified atom stereocenters. The molecular weight excluding hydrogens is 330 g/mol. The highest BCUT2D eigenvalue weighted by molar-refractivity contribution is 5.96. The number of ether oxygens (including phenoxy) is 1. The molecule has 0 saturated carbocycles. The zero-order valence-electron chi connectivity index (χ0n) is 16.1. The van der Waals surface area contributed by atoms with E-state index < -0.39 is 0 Å². The Hall–Kier alpha value is -2.76. The first-order valence-corrected chi connectivity index (χ1v) is 8.74. The zero-order valence-corrected chi connectivity index (χ0v) is 16.1. The van der Waals surface area contributed by atoms with Crippen molar-refractivity contribution in [1.82, 2.24) is 15.2 Å². The van der Waals surface area contributed by atoms with Gasteiger partial charge in [0, 0.05) is 36.1 Å². The summed E-state index contributed by atoms with van der Waals surface area (Å²) in [6.07, 6.45) is 0. The Morgan fingerprint density at radius 1 is 1.08 bits per heavy atom. The van der Waals surface area contributed by atoms with Gasteiger partial charge in [-0.15, -0.1) is 0 Å². The largest absolute Gasteiger partial charge is 0.497 e. The van der Waals surface area contributed by atoms with E-state index in [2.05, 4.69) is 10.6 Å². The summed E-state index contributed by atoms with van der Waals surface area (Å²) in [5.74, 6) is 0.570. The average molecular weight is 357 g/mol. The lowest BCUT2D eigenvalue weighted by Gasteiger charge is -2.11. The Labute approximate surface area is 154 Å². The molecule has 6 heteroatoms. The Bertz CT molecular complexity index is 776. The number of rotatable bonds is 7. The van der Waals surface area contributed by atoms with Crippen LogP contribution in [-0.4, -0.2) is 36.6 Å². The van der Waals surface area contributed by atoms with Gasteiger partial charge in [0.15, 0.2) is 0 Å². The van der Waals surface area contributed by atoms with Gasteiger partial charge in [-0.1, -0.05) is 13.8 Å². The monoisotopic (exact) mass is 357 g/mol. The molecule has 2 N–H and O–H groups in total. The predicted octanol–water partition coefficient (Wildman–Crippen LogP) is 2.60. The molecule has 2 rings (SSSR count). The number of hydrogen-bond acceptors (Lipinski definition) is 3. The van der Waals surface area contributed by atoms with E-state index in [0.29, 0.717) is 18.7 Å². The summed E-state index contributed by atoms with van der Waals surface area (Å²) in [6, 6.07) is 9.59. The van der Waals surface area contributed by atoms with E-state index in [1.807, 2.05) is 62.6 Å². The van der Waals surface area contributed by atoms with Gasteiger partial charge in [-0.05, 0) is 44.2 Å². The van der Waals surface area contributed by atoms with Crippen LogP contribution in [-0.2, 0) is 4.79 Å². The predicted molar refractivity (Wildman–Crippen MR) is 102 cm³/mol. The van der Waals surface area contributed by atoms with Crippen LogP contribution in [0.2, 0.25) is 0 Å². The van der Waals surface area contributed by atoms with Crippen LogP contribution in [0.4, 0.5) is 0 Å². The number of aryl methyl sites for hydroxylation is 1. The molecular formula is C20H27N3O3. The molecule has 0 aliphatic carbocycles. The average Bonchev–Trinajstić information content (AvgIpc) is 2.92. The number of amides is 2. The first-order valence-electron chi connectivity index (χ1n) is 8.74. The normalized spacial score (nSPS) is 10.7. The summed E-state index contributed by atoms with van der Waals surface area (Å²) in [5.41, 5.74) is 3.46. The van der Waals surface area contributed by atoms with Crippen LogP contribution in [0, 0.1) is 19.8 Å². The molecule has 1 aromatic carbocycles. The van der Waals surface area contributed by atoms with Crippen molar-refractivity contribution in [2.75, 3.05) is 20.2 Å². The summed E-state index contributed by atoms with van der Waals surface area (Å²) in [4.78, 5) is 24.0. The van der Waals surface area contributed by atoms with Crippen LogP contribution in [0.3, 0.4) is 0 Å². The van der Waals surface area contributed by atoms with Crippen molar-refractivity contribution >= 4 is 11.8 Å². The summed E-state index contributed by atoms with van der Waals surface area (Å²) in [6.45, 7) is 8.37. The van der Waals surface area contributed by atoms with Gasteiger partial charge < -0.3 is 19.9 Å². The molecule has 0 bridgehead atoms. The number of carbonyl (C=O) groups excluding carboxylic acids is 2. The molecule has 0 fully saturated rings. The Morgan fingerprint density at radius 3 is 2.27 bits per heavy atom. The molecule has 0 saturated heterocycles. The Balaban J connectivity index is 2.06. The van der Waals surface area contributed by atoms with Crippen molar-refractivity contribution in [3.05, 3.63) is 47.3 Å². The van der Waals surface area contributed by atoms with Gasteiger partial charge in [0.25, 0.3) is 5.91 Å². The minimum absolute atomic E-state index is 0.0167. The molecule has 6 nitrogen and oxygen atoms in total. The van der Waals surface area contributed by atoms with Gasteiger partial charge >= 0.3 is 0 Å². The highest BCUT2D eigenvalue weighted by Crippen LogP contribution is 2.22. The van der Waals surface area contributed by atoms with Crippen molar-refractivity contribution in [2.24, 2.45) is 5.92 Å². The second-order valence-electron chi connectivity index (χ2n) is 6.52. The molecule has 0 aliphatic heterocycles. The zero-order chi connectivity index (χ0) is 19.3. The molecule has 0 spiro atoms. The number of nitrogens with zero attached hydrogens (tertiary/aromatic N) is 1. The first kappa shape index (κ1) is 19.6. The molecule has 2 amide bonds. The van der Waals surface area contributed by atoms with Gasteiger partial charge in [-0.2, -0.15) is 0 Å². The van der Waals surface area contributed by atoms with E-state index in [9.17, 15) is 9.59 Å². The number of aromatic nitrogens is 1. The topological polar surface area (TPSA) is 72.4 Å². The van der Waals surface area contributed by atoms with Gasteiger partial charge in [-0.3, -0.25) is 9.59 Å². The maximum absolute atomic E-state index is 12.5. The smallest absolute Gasteiger partial charge is 0.253 e. The summed E-state index contributed by atoms with van der Waals surface area (Å²) in [5, 5.41) is 5.64. The number of hydrogen-bond donors (Lipinski definition) is 2. The molecule has 1 aromatic heterocycles. The Kier molecular flexibility index (Phi) is 6.44. The standard InChI is InChI=1S/C20H27N3O3/c1-13(2)19(24)21-10-11-22-20(25)18-12-14(3)23(15(18)4)16-6-8-17(26-5)9-7-16/h6-9,12-13H,10-11H2,1-5H3,(H,21,24)(H,22,25). The SMILES string of the molecule is COc1ccc(-n2c(C)cc(C(=O)NCCNC(=O)C(C)C)c2C)cc1. The Morgan fingerprint density at radius 2 is 1.69 bits per heavy atom. The van der Waals surface area contributed by atoms with Gasteiger partial charge in [0.05, 0.1) is 12.7 Å². The summed E-state index contributed by atoms with van der Waals surface area (Å²) in [7, 11) is 1.63. The van der Waals surface area contributed by atoms with Crippen molar-refractivity contribution in [3.63, 3.8) is 0 Å². The van der Waals surface area contributed by atoms with Crippen LogP contribution in [0.15, 0.2) is 30.3 Å². The van der Waals surface area contributed by atoms with Crippen LogP contribution in [0.1, 0.15) is 35.6 Å². The first-order chi connectivity index (χ1) is 12.3. The molecule has 0 atom stereocenters. The molecule has 26 heavy (non-hydrogen) atoms. The number of nitrogens with one attached hydrogen (secondary N) is 2. The minimum atomic E-state index is -0.142. The van der Waals surface area contributed by atoms with Crippen molar-refractivity contribution < 1.29 is 14.3 Å². The lowest BCUT2D eigenvalue weighted by molar-refractivity contribution is -0.123. The van der Waals surface area contributed by atoms with Crippen molar-refractivity contribution in [3.8, 4) is 11.4 Å². The highest BCUT2D eigenvalue weighted by atomic mass is 16.5. The molecule has 1 heterocycles. The fourth-order valence-corrected chi connectivity index (χ4v) is 2.78. The summed E-state index contributed by atoms with van der Waals surface area (Å²) >= 11 is 0. The van der Waals surface area contributed by atoms with Crippen LogP contribution < -0.4 is 15.4 Å². The van der Waals surface area contributed by atoms with Gasteiger partial charge in [-0.25, -0.2) is 0 Å². The van der Waals surface area contributed by atoms with Crippen LogP contribution in [0.25, 0.3) is 5.69 Å². The maximum Gasteiger partial charge on any atom is 0.253 e. The van der Waals surface area contributed by atoms with Crippen molar-refractivity contribution in [2.45, 2.75) is 27.7 Å². The highest BCUT2D eigenvalue weighted by Gasteiger charge is 2.16. The maximum atomic E-state index is 12.5. The van der Waals surface area contributed by atoms with Crippen molar-refractivity contribution in [1.29, 1.82) is 0 Å². The van der Waals surface area contributed by atoms with E-state index in [4.69, 9.17) is 4.74 Å². The molecule has 0 aliphatic rings. The van der Waals surface area contributed by atoms with E-state index in [1.54, 1.807) is 7.11 Å². The van der Waals surface area contributed by atoms with E-state index >= 15 is 0 Å². The number of methoxy groups -OCH3 is 1. The molecule has 2 aromatic rings. The second-order valence-corrected chi connectivity index (χ2v) is 6.52. The molecule has 140 valence electrons. The second kappa shape index (κ2) is 8.56. The summed E-state index contributed by atoms with van der Waals surface area (Å²) < 4.78 is 7.23. The van der Waals surface area contributed by atoms with Crippen LogP contribution in [0.5, 0.6) is 5.75 Å². The number of benzene rings is 1. The minimum Gasteiger partial charge on any atom is -0.497 e. The number of carbonyl (C=O) groups is 2. The van der Waals surface area contributed by atoms with Crippen LogP contribution >= 0.6 is 0 Å². The quantitative estimate of drug-likeness (QED) is 0.748. The lowest BCUT2D eigenvalue weighted by Crippen LogP contribution is -2.36. The third kappa shape index (κ3) is 4.45. The third-order valence-corrected chi connectivity index (χ3v) is 4.24. The van der Waals surface area contributed by atoms with E-state index in [-0.39, 0.29) is 17.7 Å². The fourth-order valence-electron chi connectivity index (χ4n) is 2.78. The van der Waals surface area contributed by atoms with E-state index in [0.717, 1.165) is 22.8 Å². The van der Waals surface area contributed by atoms with Gasteiger partial charge in [0.1, 0.15) is 5.75 Å². The fraction of sp³-hybridized carbons (Fsp3) is 0.400. The molecule has 0 radical (unpaired) electrons.